The highest BCUT2D eigenvalue weighted by Crippen LogP contribution is 2.23. The Morgan fingerprint density at radius 3 is 2.63 bits per heavy atom. The van der Waals surface area contributed by atoms with Crippen molar-refractivity contribution >= 4 is 21.6 Å². The van der Waals surface area contributed by atoms with Crippen LogP contribution in [-0.4, -0.2) is 55.6 Å². The van der Waals surface area contributed by atoms with Crippen molar-refractivity contribution in [2.45, 2.75) is 24.8 Å². The fourth-order valence-electron chi connectivity index (χ4n) is 2.53. The van der Waals surface area contributed by atoms with Crippen LogP contribution < -0.4 is 9.46 Å². The molecule has 0 saturated heterocycles. The molecule has 27 heavy (non-hydrogen) atoms. The van der Waals surface area contributed by atoms with Gasteiger partial charge in [-0.2, -0.15) is 0 Å². The summed E-state index contributed by atoms with van der Waals surface area (Å²) in [6.07, 6.45) is 2.79. The lowest BCUT2D eigenvalue weighted by Gasteiger charge is -2.26. The second kappa shape index (κ2) is 8.83. The number of rotatable bonds is 8. The number of aliphatic hydroxyl groups excluding tert-OH is 1. The van der Waals surface area contributed by atoms with E-state index >= 15 is 0 Å². The number of hydrogen-bond acceptors (Lipinski definition) is 6. The molecule has 0 bridgehead atoms. The molecule has 1 aromatic heterocycles. The Hall–Kier alpha value is -2.65. The number of anilines is 1. The van der Waals surface area contributed by atoms with Crippen LogP contribution in [-0.2, 0) is 10.0 Å². The first kappa shape index (κ1) is 20.7. The van der Waals surface area contributed by atoms with Gasteiger partial charge in [0.15, 0.2) is 0 Å². The summed E-state index contributed by atoms with van der Waals surface area (Å²) in [5, 5.41) is 9.21. The molecule has 2 rings (SSSR count). The lowest BCUT2D eigenvalue weighted by molar-refractivity contribution is 0.0661. The molecule has 2 N–H and O–H groups in total. The van der Waals surface area contributed by atoms with E-state index in [1.807, 2.05) is 0 Å². The second-order valence-electron chi connectivity index (χ2n) is 6.03. The van der Waals surface area contributed by atoms with Crippen molar-refractivity contribution in [3.8, 4) is 5.75 Å². The van der Waals surface area contributed by atoms with Gasteiger partial charge >= 0.3 is 0 Å². The number of aliphatic hydroxyl groups is 1. The topological polar surface area (TPSA) is 109 Å². The molecule has 0 aliphatic heterocycles. The van der Waals surface area contributed by atoms with Crippen molar-refractivity contribution in [2.75, 3.05) is 25.0 Å². The van der Waals surface area contributed by atoms with E-state index in [1.165, 1.54) is 42.6 Å². The van der Waals surface area contributed by atoms with E-state index in [2.05, 4.69) is 9.71 Å². The normalized spacial score (nSPS) is 11.3. The van der Waals surface area contributed by atoms with E-state index in [4.69, 9.17) is 4.74 Å². The van der Waals surface area contributed by atoms with E-state index in [0.29, 0.717) is 5.75 Å². The van der Waals surface area contributed by atoms with Gasteiger partial charge in [0.2, 0.25) is 0 Å². The van der Waals surface area contributed by atoms with Crippen LogP contribution in [0.3, 0.4) is 0 Å². The monoisotopic (exact) mass is 393 g/mol. The Kier molecular flexibility index (Phi) is 6.75. The average molecular weight is 393 g/mol. The van der Waals surface area contributed by atoms with Crippen LogP contribution in [0, 0.1) is 0 Å². The maximum absolute atomic E-state index is 12.9. The van der Waals surface area contributed by atoms with Crippen molar-refractivity contribution < 1.29 is 23.1 Å². The first-order valence-electron chi connectivity index (χ1n) is 8.33. The Bertz CT molecular complexity index is 899. The van der Waals surface area contributed by atoms with Crippen molar-refractivity contribution in [3.05, 3.63) is 48.3 Å². The molecule has 0 aliphatic carbocycles. The molecule has 9 heteroatoms. The third-order valence-electron chi connectivity index (χ3n) is 3.83. The molecule has 0 atom stereocenters. The zero-order chi connectivity index (χ0) is 20.0. The van der Waals surface area contributed by atoms with Crippen LogP contribution in [0.5, 0.6) is 5.75 Å². The Labute approximate surface area is 158 Å². The number of nitrogens with zero attached hydrogens (tertiary/aromatic N) is 2. The number of benzene rings is 1. The molecule has 8 nitrogen and oxygen atoms in total. The fourth-order valence-corrected chi connectivity index (χ4v) is 3.77. The molecule has 1 amide bonds. The number of methoxy groups -OCH3 is 1. The first-order valence-corrected chi connectivity index (χ1v) is 9.81. The summed E-state index contributed by atoms with van der Waals surface area (Å²) in [6, 6.07) is 7.24. The fraction of sp³-hybridized carbons (Fsp3) is 0.333. The number of ether oxygens (including phenoxy) is 1. The van der Waals surface area contributed by atoms with Crippen molar-refractivity contribution in [1.29, 1.82) is 0 Å². The molecule has 0 unspecified atom stereocenters. The Morgan fingerprint density at radius 1 is 1.30 bits per heavy atom. The molecular weight excluding hydrogens is 370 g/mol. The number of hydrogen-bond donors (Lipinski definition) is 2. The van der Waals surface area contributed by atoms with Gasteiger partial charge < -0.3 is 14.7 Å². The summed E-state index contributed by atoms with van der Waals surface area (Å²) in [7, 11) is -2.59. The number of sulfonamides is 1. The maximum atomic E-state index is 12.9. The SMILES string of the molecule is COc1cncc(NS(=O)(=O)c2ccccc2C(=O)N(CCO)C(C)C)c1. The molecule has 1 aromatic carbocycles. The summed E-state index contributed by atoms with van der Waals surface area (Å²) in [4.78, 5) is 18.1. The van der Waals surface area contributed by atoms with Gasteiger partial charge in [0, 0.05) is 18.7 Å². The standard InChI is InChI=1S/C18H23N3O5S/c1-13(2)21(8-9-22)18(23)16-6-4-5-7-17(16)27(24,25)20-14-10-15(26-3)12-19-11-14/h4-7,10-13,20,22H,8-9H2,1-3H3. The van der Waals surface area contributed by atoms with Crippen LogP contribution in [0.25, 0.3) is 0 Å². The van der Waals surface area contributed by atoms with E-state index in [9.17, 15) is 18.3 Å². The van der Waals surface area contributed by atoms with Crippen LogP contribution in [0.1, 0.15) is 24.2 Å². The minimum Gasteiger partial charge on any atom is -0.495 e. The number of carbonyl (C=O) groups excluding carboxylic acids is 1. The Balaban J connectivity index is 2.42. The molecule has 0 aliphatic rings. The van der Waals surface area contributed by atoms with Gasteiger partial charge in [0.25, 0.3) is 15.9 Å². The zero-order valence-corrected chi connectivity index (χ0v) is 16.2. The molecule has 0 fully saturated rings. The highest BCUT2D eigenvalue weighted by Gasteiger charge is 2.26. The zero-order valence-electron chi connectivity index (χ0n) is 15.4. The quantitative estimate of drug-likeness (QED) is 0.707. The lowest BCUT2D eigenvalue weighted by atomic mass is 10.1. The third kappa shape index (κ3) is 4.95. The van der Waals surface area contributed by atoms with Gasteiger partial charge in [-0.05, 0) is 26.0 Å². The Morgan fingerprint density at radius 2 is 2.00 bits per heavy atom. The van der Waals surface area contributed by atoms with E-state index in [-0.39, 0.29) is 35.3 Å². The molecule has 0 saturated carbocycles. The van der Waals surface area contributed by atoms with Gasteiger partial charge in [0.05, 0.1) is 37.4 Å². The lowest BCUT2D eigenvalue weighted by Crippen LogP contribution is -2.39. The molecular formula is C18H23N3O5S. The smallest absolute Gasteiger partial charge is 0.262 e. The van der Waals surface area contributed by atoms with E-state index in [0.717, 1.165) is 0 Å². The number of pyridine rings is 1. The average Bonchev–Trinajstić information content (AvgIpc) is 2.65. The highest BCUT2D eigenvalue weighted by molar-refractivity contribution is 7.92. The van der Waals surface area contributed by atoms with Gasteiger partial charge in [-0.25, -0.2) is 8.42 Å². The summed E-state index contributed by atoms with van der Waals surface area (Å²) < 4.78 is 33.2. The van der Waals surface area contributed by atoms with Crippen LogP contribution in [0.2, 0.25) is 0 Å². The molecule has 0 radical (unpaired) electrons. The predicted molar refractivity (Wildman–Crippen MR) is 101 cm³/mol. The van der Waals surface area contributed by atoms with Crippen LogP contribution >= 0.6 is 0 Å². The number of amides is 1. The number of nitrogens with one attached hydrogen (secondary N) is 1. The summed E-state index contributed by atoms with van der Waals surface area (Å²) >= 11 is 0. The van der Waals surface area contributed by atoms with E-state index in [1.54, 1.807) is 26.0 Å². The maximum Gasteiger partial charge on any atom is 0.262 e. The van der Waals surface area contributed by atoms with Gasteiger partial charge in [-0.1, -0.05) is 12.1 Å². The van der Waals surface area contributed by atoms with Crippen LogP contribution in [0.4, 0.5) is 5.69 Å². The highest BCUT2D eigenvalue weighted by atomic mass is 32.2. The first-order chi connectivity index (χ1) is 12.8. The van der Waals surface area contributed by atoms with Crippen LogP contribution in [0.15, 0.2) is 47.6 Å². The summed E-state index contributed by atoms with van der Waals surface area (Å²) in [5.74, 6) is -0.0720. The predicted octanol–water partition coefficient (Wildman–Crippen LogP) is 1.73. The van der Waals surface area contributed by atoms with Crippen molar-refractivity contribution in [1.82, 2.24) is 9.88 Å². The largest absolute Gasteiger partial charge is 0.495 e. The minimum atomic E-state index is -4.04. The number of aromatic nitrogens is 1. The molecule has 0 spiro atoms. The third-order valence-corrected chi connectivity index (χ3v) is 5.27. The molecule has 146 valence electrons. The van der Waals surface area contributed by atoms with Crippen molar-refractivity contribution in [3.63, 3.8) is 0 Å². The molecule has 2 aromatic rings. The summed E-state index contributed by atoms with van der Waals surface area (Å²) in [5.41, 5.74) is 0.246. The van der Waals surface area contributed by atoms with Gasteiger partial charge in [-0.15, -0.1) is 0 Å². The van der Waals surface area contributed by atoms with E-state index < -0.39 is 15.9 Å². The summed E-state index contributed by atoms with van der Waals surface area (Å²) in [6.45, 7) is 3.49. The number of carbonyl (C=O) groups is 1. The molecule has 1 heterocycles. The minimum absolute atomic E-state index is 0.0306. The van der Waals surface area contributed by atoms with Gasteiger partial charge in [0.1, 0.15) is 10.6 Å². The van der Waals surface area contributed by atoms with Gasteiger partial charge in [-0.3, -0.25) is 14.5 Å². The second-order valence-corrected chi connectivity index (χ2v) is 7.68. The van der Waals surface area contributed by atoms with Crippen molar-refractivity contribution in [2.24, 2.45) is 0 Å².